The first kappa shape index (κ1) is 18.7. The third-order valence-corrected chi connectivity index (χ3v) is 6.22. The van der Waals surface area contributed by atoms with E-state index < -0.39 is 0 Å². The predicted molar refractivity (Wildman–Crippen MR) is 111 cm³/mol. The molecule has 0 aliphatic carbocycles. The Morgan fingerprint density at radius 3 is 2.29 bits per heavy atom. The number of hydrogen-bond donors (Lipinski definition) is 0. The Morgan fingerprint density at radius 1 is 0.786 bits per heavy atom. The fourth-order valence-corrected chi connectivity index (χ4v) is 4.86. The molecule has 0 aromatic heterocycles. The number of benzene rings is 2. The summed E-state index contributed by atoms with van der Waals surface area (Å²) in [7, 11) is 0. The molecule has 0 N–H and O–H groups in total. The average molecular weight is 376 g/mol. The Hall–Kier alpha value is -2.62. The first-order valence-corrected chi connectivity index (χ1v) is 10.4. The Bertz CT molecular complexity index is 849. The van der Waals surface area contributed by atoms with Crippen molar-refractivity contribution in [1.82, 2.24) is 9.80 Å². The van der Waals surface area contributed by atoms with E-state index in [-0.39, 0.29) is 23.9 Å². The van der Waals surface area contributed by atoms with Gasteiger partial charge < -0.3 is 9.80 Å². The van der Waals surface area contributed by atoms with Crippen molar-refractivity contribution >= 4 is 11.8 Å². The third-order valence-electron chi connectivity index (χ3n) is 6.22. The molecule has 0 radical (unpaired) electrons. The summed E-state index contributed by atoms with van der Waals surface area (Å²) >= 11 is 0. The van der Waals surface area contributed by atoms with Gasteiger partial charge in [0, 0.05) is 25.6 Å². The van der Waals surface area contributed by atoms with Gasteiger partial charge in [0.25, 0.3) is 5.91 Å². The van der Waals surface area contributed by atoms with E-state index in [4.69, 9.17) is 0 Å². The van der Waals surface area contributed by atoms with E-state index in [1.807, 2.05) is 47.4 Å². The highest BCUT2D eigenvalue weighted by molar-refractivity contribution is 6.01. The molecule has 0 saturated carbocycles. The van der Waals surface area contributed by atoms with E-state index in [1.54, 1.807) is 6.92 Å². The number of rotatable bonds is 2. The second-order valence-electron chi connectivity index (χ2n) is 7.90. The molecule has 4 heteroatoms. The quantitative estimate of drug-likeness (QED) is 0.781. The number of nitrogens with zero attached hydrogens (tertiary/aromatic N) is 2. The zero-order valence-corrected chi connectivity index (χ0v) is 16.5. The molecule has 28 heavy (non-hydrogen) atoms. The minimum atomic E-state index is 0.0988. The SMILES string of the molecule is CC(=O)N1CC[C@H]2[C@H]1CCCCCN2C(=O)c1ccccc1-c1ccccc1. The molecule has 2 aromatic rings. The number of amides is 2. The third kappa shape index (κ3) is 3.56. The summed E-state index contributed by atoms with van der Waals surface area (Å²) in [5.41, 5.74) is 2.80. The van der Waals surface area contributed by atoms with Crippen LogP contribution in [0.2, 0.25) is 0 Å². The molecule has 2 fully saturated rings. The first-order valence-electron chi connectivity index (χ1n) is 10.4. The normalized spacial score (nSPS) is 22.3. The zero-order chi connectivity index (χ0) is 19.5. The Kier molecular flexibility index (Phi) is 5.47. The van der Waals surface area contributed by atoms with Crippen LogP contribution in [0, 0.1) is 0 Å². The van der Waals surface area contributed by atoms with Crippen molar-refractivity contribution in [2.24, 2.45) is 0 Å². The van der Waals surface area contributed by atoms with E-state index in [2.05, 4.69) is 17.0 Å². The molecule has 2 saturated heterocycles. The topological polar surface area (TPSA) is 40.6 Å². The molecule has 4 nitrogen and oxygen atoms in total. The standard InChI is InChI=1S/C24H28N2O2/c1-18(27)25-17-15-23-22(25)14-6-3-9-16-26(23)24(28)21-13-8-7-12-20(21)19-10-4-2-5-11-19/h2,4-5,7-8,10-13,22-23H,3,6,9,14-17H2,1H3/t22-,23+/m1/s1. The van der Waals surface area contributed by atoms with Gasteiger partial charge in [-0.1, -0.05) is 61.4 Å². The van der Waals surface area contributed by atoms with Crippen LogP contribution in [-0.2, 0) is 4.79 Å². The maximum Gasteiger partial charge on any atom is 0.254 e. The smallest absolute Gasteiger partial charge is 0.254 e. The van der Waals surface area contributed by atoms with E-state index >= 15 is 0 Å². The van der Waals surface area contributed by atoms with Gasteiger partial charge in [0.15, 0.2) is 0 Å². The summed E-state index contributed by atoms with van der Waals surface area (Å²) in [6.07, 6.45) is 5.15. The minimum absolute atomic E-state index is 0.0988. The van der Waals surface area contributed by atoms with Crippen molar-refractivity contribution in [3.8, 4) is 11.1 Å². The highest BCUT2D eigenvalue weighted by Gasteiger charge is 2.41. The second kappa shape index (κ2) is 8.17. The summed E-state index contributed by atoms with van der Waals surface area (Å²) in [5.74, 6) is 0.229. The fourth-order valence-electron chi connectivity index (χ4n) is 4.86. The molecule has 2 amide bonds. The fraction of sp³-hybridized carbons (Fsp3) is 0.417. The zero-order valence-electron chi connectivity index (χ0n) is 16.5. The van der Waals surface area contributed by atoms with Crippen molar-refractivity contribution < 1.29 is 9.59 Å². The van der Waals surface area contributed by atoms with Gasteiger partial charge in [0.05, 0.1) is 12.1 Å². The van der Waals surface area contributed by atoms with Crippen molar-refractivity contribution in [2.75, 3.05) is 13.1 Å². The molecule has 146 valence electrons. The number of carbonyl (C=O) groups excluding carboxylic acids is 2. The van der Waals surface area contributed by atoms with E-state index in [9.17, 15) is 9.59 Å². The van der Waals surface area contributed by atoms with Gasteiger partial charge in [-0.15, -0.1) is 0 Å². The Balaban J connectivity index is 1.68. The molecule has 2 atom stereocenters. The lowest BCUT2D eigenvalue weighted by Crippen LogP contribution is -2.50. The summed E-state index contributed by atoms with van der Waals surface area (Å²) < 4.78 is 0. The average Bonchev–Trinajstić information content (AvgIpc) is 3.11. The summed E-state index contributed by atoms with van der Waals surface area (Å²) in [6.45, 7) is 3.18. The maximum atomic E-state index is 13.7. The van der Waals surface area contributed by atoms with Gasteiger partial charge >= 0.3 is 0 Å². The van der Waals surface area contributed by atoms with Crippen molar-refractivity contribution in [1.29, 1.82) is 0 Å². The van der Waals surface area contributed by atoms with Gasteiger partial charge in [-0.25, -0.2) is 0 Å². The van der Waals surface area contributed by atoms with Crippen LogP contribution in [0.3, 0.4) is 0 Å². The van der Waals surface area contributed by atoms with Crippen LogP contribution in [-0.4, -0.2) is 46.8 Å². The number of fused-ring (bicyclic) bond motifs is 1. The Morgan fingerprint density at radius 2 is 1.50 bits per heavy atom. The lowest BCUT2D eigenvalue weighted by atomic mass is 9.94. The van der Waals surface area contributed by atoms with Crippen molar-refractivity contribution in [3.63, 3.8) is 0 Å². The summed E-state index contributed by atoms with van der Waals surface area (Å²) in [4.78, 5) is 29.9. The van der Waals surface area contributed by atoms with Crippen LogP contribution < -0.4 is 0 Å². The highest BCUT2D eigenvalue weighted by Crippen LogP contribution is 2.32. The molecule has 4 rings (SSSR count). The van der Waals surface area contributed by atoms with Crippen molar-refractivity contribution in [3.05, 3.63) is 60.2 Å². The summed E-state index contributed by atoms with van der Waals surface area (Å²) in [6, 6.07) is 18.3. The molecule has 2 aliphatic heterocycles. The second-order valence-corrected chi connectivity index (χ2v) is 7.90. The van der Waals surface area contributed by atoms with Crippen molar-refractivity contribution in [2.45, 2.75) is 51.1 Å². The summed E-state index contributed by atoms with van der Waals surface area (Å²) in [5, 5.41) is 0. The number of carbonyl (C=O) groups is 2. The number of hydrogen-bond acceptors (Lipinski definition) is 2. The van der Waals surface area contributed by atoms with E-state index in [0.29, 0.717) is 0 Å². The minimum Gasteiger partial charge on any atom is -0.338 e. The van der Waals surface area contributed by atoms with Crippen LogP contribution in [0.1, 0.15) is 49.4 Å². The number of likely N-dealkylation sites (tertiary alicyclic amines) is 2. The Labute approximate surface area is 167 Å². The van der Waals surface area contributed by atoms with E-state index in [0.717, 1.165) is 61.9 Å². The molecule has 2 aromatic carbocycles. The van der Waals surface area contributed by atoms with E-state index in [1.165, 1.54) is 0 Å². The molecule has 2 heterocycles. The maximum absolute atomic E-state index is 13.7. The highest BCUT2D eigenvalue weighted by atomic mass is 16.2. The van der Waals surface area contributed by atoms with Gasteiger partial charge in [-0.05, 0) is 36.5 Å². The van der Waals surface area contributed by atoms with Gasteiger partial charge in [0.1, 0.15) is 0 Å². The molecular weight excluding hydrogens is 348 g/mol. The van der Waals surface area contributed by atoms with Gasteiger partial charge in [-0.2, -0.15) is 0 Å². The largest absolute Gasteiger partial charge is 0.338 e. The van der Waals surface area contributed by atoms with Crippen LogP contribution in [0.15, 0.2) is 54.6 Å². The van der Waals surface area contributed by atoms with Crippen LogP contribution in [0.4, 0.5) is 0 Å². The lowest BCUT2D eigenvalue weighted by Gasteiger charge is -2.37. The molecular formula is C24H28N2O2. The molecule has 2 aliphatic rings. The van der Waals surface area contributed by atoms with Gasteiger partial charge in [-0.3, -0.25) is 9.59 Å². The van der Waals surface area contributed by atoms with Crippen LogP contribution in [0.5, 0.6) is 0 Å². The molecule has 0 spiro atoms. The lowest BCUT2D eigenvalue weighted by molar-refractivity contribution is -0.130. The predicted octanol–water partition coefficient (Wildman–Crippen LogP) is 4.36. The van der Waals surface area contributed by atoms with Gasteiger partial charge in [0.2, 0.25) is 5.91 Å². The van der Waals surface area contributed by atoms with Crippen LogP contribution in [0.25, 0.3) is 11.1 Å². The first-order chi connectivity index (χ1) is 13.7. The molecule has 0 unspecified atom stereocenters. The van der Waals surface area contributed by atoms with Crippen LogP contribution >= 0.6 is 0 Å². The molecule has 0 bridgehead atoms. The monoisotopic (exact) mass is 376 g/mol.